The summed E-state index contributed by atoms with van der Waals surface area (Å²) in [5.41, 5.74) is 3.49. The maximum atomic E-state index is 10.1. The molecule has 0 fully saturated rings. The van der Waals surface area contributed by atoms with E-state index in [9.17, 15) is 5.11 Å². The SMILES string of the molecule is N#Cc1cnc(C(O)CCc2ccc(-c3ccccc3)cc2)o1. The summed E-state index contributed by atoms with van der Waals surface area (Å²) in [4.78, 5) is 3.91. The van der Waals surface area contributed by atoms with Crippen LogP contribution < -0.4 is 0 Å². The van der Waals surface area contributed by atoms with E-state index < -0.39 is 6.10 Å². The van der Waals surface area contributed by atoms with Crippen LogP contribution in [-0.4, -0.2) is 10.1 Å². The van der Waals surface area contributed by atoms with Gasteiger partial charge in [-0.15, -0.1) is 0 Å². The Kier molecular flexibility index (Phi) is 4.51. The van der Waals surface area contributed by atoms with Crippen LogP contribution in [0.3, 0.4) is 0 Å². The van der Waals surface area contributed by atoms with Crippen LogP contribution in [0.25, 0.3) is 11.1 Å². The molecule has 0 amide bonds. The summed E-state index contributed by atoms with van der Waals surface area (Å²) in [5, 5.41) is 18.8. The molecular formula is C19H16N2O2. The summed E-state index contributed by atoms with van der Waals surface area (Å²) in [5.74, 6) is 0.314. The first-order chi connectivity index (χ1) is 11.3. The Morgan fingerprint density at radius 1 is 1.04 bits per heavy atom. The molecule has 0 saturated carbocycles. The zero-order valence-electron chi connectivity index (χ0n) is 12.5. The first kappa shape index (κ1) is 15.0. The number of aliphatic hydroxyl groups excluding tert-OH is 1. The summed E-state index contributed by atoms with van der Waals surface area (Å²) in [6.07, 6.45) is 1.73. The van der Waals surface area contributed by atoms with Gasteiger partial charge in [-0.05, 0) is 29.5 Å². The van der Waals surface area contributed by atoms with Crippen molar-refractivity contribution in [1.29, 1.82) is 5.26 Å². The fourth-order valence-electron chi connectivity index (χ4n) is 2.41. The zero-order chi connectivity index (χ0) is 16.1. The van der Waals surface area contributed by atoms with Crippen LogP contribution in [0.1, 0.15) is 29.7 Å². The summed E-state index contributed by atoms with van der Waals surface area (Å²) < 4.78 is 5.14. The summed E-state index contributed by atoms with van der Waals surface area (Å²) in [6.45, 7) is 0. The van der Waals surface area contributed by atoms with E-state index >= 15 is 0 Å². The molecular weight excluding hydrogens is 288 g/mol. The molecule has 1 N–H and O–H groups in total. The fourth-order valence-corrected chi connectivity index (χ4v) is 2.41. The van der Waals surface area contributed by atoms with Gasteiger partial charge in [0.2, 0.25) is 11.7 Å². The van der Waals surface area contributed by atoms with Crippen molar-refractivity contribution in [1.82, 2.24) is 4.98 Å². The Labute approximate surface area is 134 Å². The van der Waals surface area contributed by atoms with Gasteiger partial charge in [0.15, 0.2) is 0 Å². The minimum Gasteiger partial charge on any atom is -0.427 e. The van der Waals surface area contributed by atoms with Crippen molar-refractivity contribution in [2.75, 3.05) is 0 Å². The molecule has 1 atom stereocenters. The number of benzene rings is 2. The van der Waals surface area contributed by atoms with Crippen molar-refractivity contribution < 1.29 is 9.52 Å². The van der Waals surface area contributed by atoms with Crippen molar-refractivity contribution in [3.8, 4) is 17.2 Å². The molecule has 4 nitrogen and oxygen atoms in total. The Bertz CT molecular complexity index is 801. The van der Waals surface area contributed by atoms with E-state index in [2.05, 4.69) is 41.4 Å². The number of aromatic nitrogens is 1. The molecule has 0 saturated heterocycles. The lowest BCUT2D eigenvalue weighted by Crippen LogP contribution is -2.00. The number of nitrogens with zero attached hydrogens (tertiary/aromatic N) is 2. The largest absolute Gasteiger partial charge is 0.427 e. The molecule has 0 aliphatic heterocycles. The highest BCUT2D eigenvalue weighted by Gasteiger charge is 2.14. The molecule has 1 aromatic heterocycles. The van der Waals surface area contributed by atoms with E-state index in [4.69, 9.17) is 9.68 Å². The molecule has 4 heteroatoms. The maximum absolute atomic E-state index is 10.1. The number of oxazole rings is 1. The normalized spacial score (nSPS) is 11.8. The smallest absolute Gasteiger partial charge is 0.224 e. The van der Waals surface area contributed by atoms with Crippen molar-refractivity contribution in [3.05, 3.63) is 78.0 Å². The molecule has 2 aromatic carbocycles. The lowest BCUT2D eigenvalue weighted by Gasteiger charge is -2.07. The van der Waals surface area contributed by atoms with E-state index in [1.807, 2.05) is 24.3 Å². The van der Waals surface area contributed by atoms with Gasteiger partial charge in [0.25, 0.3) is 0 Å². The second-order valence-corrected chi connectivity index (χ2v) is 5.29. The van der Waals surface area contributed by atoms with Crippen molar-refractivity contribution in [2.45, 2.75) is 18.9 Å². The van der Waals surface area contributed by atoms with Crippen LogP contribution >= 0.6 is 0 Å². The van der Waals surface area contributed by atoms with Gasteiger partial charge in [-0.1, -0.05) is 54.6 Å². The summed E-state index contributed by atoms with van der Waals surface area (Å²) >= 11 is 0. The van der Waals surface area contributed by atoms with Crippen molar-refractivity contribution >= 4 is 0 Å². The highest BCUT2D eigenvalue weighted by atomic mass is 16.4. The number of hydrogen-bond acceptors (Lipinski definition) is 4. The van der Waals surface area contributed by atoms with E-state index in [-0.39, 0.29) is 11.7 Å². The Morgan fingerprint density at radius 3 is 2.39 bits per heavy atom. The number of nitriles is 1. The van der Waals surface area contributed by atoms with Crippen molar-refractivity contribution in [3.63, 3.8) is 0 Å². The number of aliphatic hydroxyl groups is 1. The van der Waals surface area contributed by atoms with Crippen LogP contribution in [0, 0.1) is 11.3 Å². The molecule has 114 valence electrons. The van der Waals surface area contributed by atoms with Crippen molar-refractivity contribution in [2.24, 2.45) is 0 Å². The molecule has 0 spiro atoms. The van der Waals surface area contributed by atoms with Crippen LogP contribution in [0.4, 0.5) is 0 Å². The van der Waals surface area contributed by atoms with Gasteiger partial charge in [-0.25, -0.2) is 4.98 Å². The number of aryl methyl sites for hydroxylation is 1. The van der Waals surface area contributed by atoms with E-state index in [0.717, 1.165) is 5.56 Å². The molecule has 0 aliphatic carbocycles. The number of rotatable bonds is 5. The average Bonchev–Trinajstić information content (AvgIpc) is 3.10. The van der Waals surface area contributed by atoms with Gasteiger partial charge in [-0.2, -0.15) is 5.26 Å². The summed E-state index contributed by atoms with van der Waals surface area (Å²) in [7, 11) is 0. The Hall–Kier alpha value is -2.90. The Balaban J connectivity index is 1.61. The molecule has 0 aliphatic rings. The van der Waals surface area contributed by atoms with Gasteiger partial charge < -0.3 is 9.52 Å². The number of hydrogen-bond donors (Lipinski definition) is 1. The summed E-state index contributed by atoms with van der Waals surface area (Å²) in [6, 6.07) is 20.3. The third kappa shape index (κ3) is 3.65. The third-order valence-electron chi connectivity index (χ3n) is 3.69. The predicted molar refractivity (Wildman–Crippen MR) is 86.4 cm³/mol. The monoisotopic (exact) mass is 304 g/mol. The van der Waals surface area contributed by atoms with Crippen LogP contribution in [-0.2, 0) is 6.42 Å². The molecule has 1 heterocycles. The first-order valence-electron chi connectivity index (χ1n) is 7.44. The lowest BCUT2D eigenvalue weighted by molar-refractivity contribution is 0.134. The first-order valence-corrected chi connectivity index (χ1v) is 7.44. The quantitative estimate of drug-likeness (QED) is 0.776. The molecule has 0 bridgehead atoms. The lowest BCUT2D eigenvalue weighted by atomic mass is 10.0. The average molecular weight is 304 g/mol. The van der Waals surface area contributed by atoms with Crippen LogP contribution in [0.5, 0.6) is 0 Å². The van der Waals surface area contributed by atoms with Gasteiger partial charge in [-0.3, -0.25) is 0 Å². The fraction of sp³-hybridized carbons (Fsp3) is 0.158. The predicted octanol–water partition coefficient (Wildman–Crippen LogP) is 3.88. The molecule has 0 radical (unpaired) electrons. The minimum atomic E-state index is -0.800. The molecule has 1 unspecified atom stereocenters. The Morgan fingerprint density at radius 2 is 1.74 bits per heavy atom. The van der Waals surface area contributed by atoms with Crippen LogP contribution in [0.15, 0.2) is 65.2 Å². The highest BCUT2D eigenvalue weighted by Crippen LogP contribution is 2.22. The topological polar surface area (TPSA) is 70.0 Å². The van der Waals surface area contributed by atoms with E-state index in [1.165, 1.54) is 17.3 Å². The van der Waals surface area contributed by atoms with Crippen LogP contribution in [0.2, 0.25) is 0 Å². The second kappa shape index (κ2) is 6.91. The zero-order valence-corrected chi connectivity index (χ0v) is 12.5. The van der Waals surface area contributed by atoms with Gasteiger partial charge in [0, 0.05) is 0 Å². The van der Waals surface area contributed by atoms with Gasteiger partial charge in [0.1, 0.15) is 12.2 Å². The van der Waals surface area contributed by atoms with Gasteiger partial charge in [0.05, 0.1) is 6.20 Å². The molecule has 3 rings (SSSR count). The standard InChI is InChI=1S/C19H16N2O2/c20-12-17-13-21-19(23-17)18(22)11-8-14-6-9-16(10-7-14)15-4-2-1-3-5-15/h1-7,9-10,13,18,22H,8,11H2. The van der Waals surface area contributed by atoms with Gasteiger partial charge >= 0.3 is 0 Å². The second-order valence-electron chi connectivity index (χ2n) is 5.29. The molecule has 23 heavy (non-hydrogen) atoms. The highest BCUT2D eigenvalue weighted by molar-refractivity contribution is 5.63. The minimum absolute atomic E-state index is 0.117. The molecule has 3 aromatic rings. The van der Waals surface area contributed by atoms with E-state index in [0.29, 0.717) is 12.8 Å². The maximum Gasteiger partial charge on any atom is 0.224 e. The third-order valence-corrected chi connectivity index (χ3v) is 3.69. The van der Waals surface area contributed by atoms with E-state index in [1.54, 1.807) is 0 Å².